The molecule has 0 spiro atoms. The first-order chi connectivity index (χ1) is 18.2. The number of amides is 1. The molecule has 6 rings (SSSR count). The number of hydrogen-bond donors (Lipinski definition) is 2. The van der Waals surface area contributed by atoms with E-state index in [2.05, 4.69) is 36.6 Å². The first-order valence-corrected chi connectivity index (χ1v) is 12.2. The van der Waals surface area contributed by atoms with Crippen molar-refractivity contribution in [1.82, 2.24) is 35.1 Å². The van der Waals surface area contributed by atoms with E-state index < -0.39 is 0 Å². The number of nitrogens with one attached hydrogen (secondary N) is 2. The van der Waals surface area contributed by atoms with Crippen molar-refractivity contribution in [1.29, 1.82) is 0 Å². The van der Waals surface area contributed by atoms with E-state index in [-0.39, 0.29) is 18.6 Å². The van der Waals surface area contributed by atoms with Gasteiger partial charge in [0.05, 0.1) is 23.3 Å². The van der Waals surface area contributed by atoms with Gasteiger partial charge in [-0.1, -0.05) is 6.07 Å². The Hall–Kier alpha value is -4.67. The average Bonchev–Trinajstić information content (AvgIpc) is 3.54. The number of anilines is 1. The Labute approximate surface area is 212 Å². The highest BCUT2D eigenvalue weighted by Gasteiger charge is 2.22. The van der Waals surface area contributed by atoms with Crippen LogP contribution in [0.3, 0.4) is 0 Å². The third kappa shape index (κ3) is 4.63. The summed E-state index contributed by atoms with van der Waals surface area (Å²) in [7, 11) is 1.58. The molecule has 1 fully saturated rings. The topological polar surface area (TPSA) is 123 Å². The van der Waals surface area contributed by atoms with Crippen LogP contribution in [0.1, 0.15) is 12.8 Å². The van der Waals surface area contributed by atoms with Crippen molar-refractivity contribution >= 4 is 28.3 Å². The summed E-state index contributed by atoms with van der Waals surface area (Å²) in [6, 6.07) is 11.7. The highest BCUT2D eigenvalue weighted by Crippen LogP contribution is 2.33. The Kier molecular flexibility index (Phi) is 6.01. The third-order valence-corrected chi connectivity index (χ3v) is 6.50. The van der Waals surface area contributed by atoms with Crippen LogP contribution in [0.25, 0.3) is 27.7 Å². The zero-order valence-electron chi connectivity index (χ0n) is 20.3. The molecule has 5 aromatic heterocycles. The van der Waals surface area contributed by atoms with E-state index in [9.17, 15) is 4.79 Å². The lowest BCUT2D eigenvalue weighted by atomic mass is 10.1. The largest absolute Gasteiger partial charge is 0.482 e. The molecule has 0 unspecified atom stereocenters. The zero-order valence-corrected chi connectivity index (χ0v) is 20.3. The number of piperidine rings is 1. The lowest BCUT2D eigenvalue weighted by molar-refractivity contribution is -0.122. The smallest absolute Gasteiger partial charge is 0.257 e. The van der Waals surface area contributed by atoms with Crippen LogP contribution in [-0.2, 0) is 4.79 Å². The molecular weight excluding hydrogens is 472 g/mol. The predicted molar refractivity (Wildman–Crippen MR) is 138 cm³/mol. The quantitative estimate of drug-likeness (QED) is 0.351. The number of rotatable bonds is 7. The van der Waals surface area contributed by atoms with Crippen LogP contribution in [0.5, 0.6) is 11.6 Å². The number of hydrogen-bond acceptors (Lipinski definition) is 8. The summed E-state index contributed by atoms with van der Waals surface area (Å²) in [5, 5.41) is 15.1. The van der Waals surface area contributed by atoms with Crippen molar-refractivity contribution in [2.45, 2.75) is 18.9 Å². The number of H-pyrrole nitrogens is 1. The van der Waals surface area contributed by atoms with E-state index in [1.54, 1.807) is 30.2 Å². The van der Waals surface area contributed by atoms with Crippen molar-refractivity contribution in [2.75, 3.05) is 31.6 Å². The average molecular weight is 499 g/mol. The standard InChI is InChI=1S/C26H26N8O3/c1-27-23(35)16-36-19-12-20(25-21-14-30-31-26(21)32-34(25)15-19)17-5-6-22(29-13-17)33-10-7-18(8-11-33)37-24-4-2-3-9-28-24/h2-6,9,12-15,18H,7-8,10-11,16H2,1H3,(H,27,35)(H,31,32). The lowest BCUT2D eigenvalue weighted by Gasteiger charge is -2.32. The summed E-state index contributed by atoms with van der Waals surface area (Å²) in [5.41, 5.74) is 3.36. The van der Waals surface area contributed by atoms with Gasteiger partial charge in [-0.2, -0.15) is 5.10 Å². The number of aromatic amines is 1. The van der Waals surface area contributed by atoms with Gasteiger partial charge in [-0.05, 0) is 24.3 Å². The maximum absolute atomic E-state index is 11.7. The summed E-state index contributed by atoms with van der Waals surface area (Å²) < 4.78 is 13.5. The molecule has 1 aliphatic heterocycles. The van der Waals surface area contributed by atoms with Gasteiger partial charge in [0, 0.05) is 62.6 Å². The molecule has 0 radical (unpaired) electrons. The van der Waals surface area contributed by atoms with Gasteiger partial charge in [0.2, 0.25) is 5.88 Å². The number of fused-ring (bicyclic) bond motifs is 3. The van der Waals surface area contributed by atoms with Crippen LogP contribution < -0.4 is 19.7 Å². The van der Waals surface area contributed by atoms with Gasteiger partial charge in [-0.15, -0.1) is 5.10 Å². The summed E-state index contributed by atoms with van der Waals surface area (Å²) in [6.07, 6.45) is 9.08. The predicted octanol–water partition coefficient (Wildman–Crippen LogP) is 2.84. The van der Waals surface area contributed by atoms with Crippen molar-refractivity contribution < 1.29 is 14.3 Å². The first kappa shape index (κ1) is 22.8. The summed E-state index contributed by atoms with van der Waals surface area (Å²) in [5.74, 6) is 1.91. The van der Waals surface area contributed by atoms with E-state index >= 15 is 0 Å². The third-order valence-electron chi connectivity index (χ3n) is 6.50. The Bertz CT molecular complexity index is 1520. The van der Waals surface area contributed by atoms with Gasteiger partial charge in [-0.25, -0.2) is 14.5 Å². The SMILES string of the molecule is CNC(=O)COc1cc(-c2ccc(N3CCC(Oc4ccccn4)CC3)nc2)c2c3cn[nH]c3nn2c1. The molecule has 6 heterocycles. The van der Waals surface area contributed by atoms with Crippen LogP contribution in [0.15, 0.2) is 61.2 Å². The fraction of sp³-hybridized carbons (Fsp3) is 0.269. The van der Waals surface area contributed by atoms with Gasteiger partial charge in [0.25, 0.3) is 5.91 Å². The van der Waals surface area contributed by atoms with Crippen molar-refractivity contribution in [3.05, 3.63) is 61.2 Å². The second-order valence-electron chi connectivity index (χ2n) is 8.85. The Balaban J connectivity index is 1.23. The molecule has 0 atom stereocenters. The Morgan fingerprint density at radius 3 is 2.81 bits per heavy atom. The summed E-state index contributed by atoms with van der Waals surface area (Å²) in [6.45, 7) is 1.63. The van der Waals surface area contributed by atoms with Crippen LogP contribution in [0, 0.1) is 0 Å². The van der Waals surface area contributed by atoms with Gasteiger partial charge >= 0.3 is 0 Å². The van der Waals surface area contributed by atoms with Crippen LogP contribution in [0.2, 0.25) is 0 Å². The molecular formula is C26H26N8O3. The molecule has 0 aromatic carbocycles. The minimum Gasteiger partial charge on any atom is -0.482 e. The maximum atomic E-state index is 11.7. The molecule has 0 aliphatic carbocycles. The summed E-state index contributed by atoms with van der Waals surface area (Å²) in [4.78, 5) is 23.0. The van der Waals surface area contributed by atoms with Crippen LogP contribution >= 0.6 is 0 Å². The van der Waals surface area contributed by atoms with Gasteiger partial charge in [0.1, 0.15) is 17.7 Å². The molecule has 11 heteroatoms. The molecule has 1 saturated heterocycles. The number of nitrogens with zero attached hydrogens (tertiary/aromatic N) is 6. The first-order valence-electron chi connectivity index (χ1n) is 12.2. The van der Waals surface area contributed by atoms with Crippen molar-refractivity contribution in [3.63, 3.8) is 0 Å². The monoisotopic (exact) mass is 498 g/mol. The molecule has 37 heavy (non-hydrogen) atoms. The normalized spacial score (nSPS) is 14.2. The second kappa shape index (κ2) is 9.76. The fourth-order valence-electron chi connectivity index (χ4n) is 4.58. The van der Waals surface area contributed by atoms with Crippen molar-refractivity contribution in [3.8, 4) is 22.8 Å². The van der Waals surface area contributed by atoms with Crippen LogP contribution in [0.4, 0.5) is 5.82 Å². The number of likely N-dealkylation sites (N-methyl/N-ethyl adjacent to an activating group) is 1. The van der Waals surface area contributed by atoms with E-state index in [1.165, 1.54) is 0 Å². The number of carbonyl (C=O) groups excluding carboxylic acids is 1. The number of ether oxygens (including phenoxy) is 2. The Morgan fingerprint density at radius 2 is 2.05 bits per heavy atom. The molecule has 2 N–H and O–H groups in total. The maximum Gasteiger partial charge on any atom is 0.257 e. The van der Waals surface area contributed by atoms with Gasteiger partial charge in [0.15, 0.2) is 12.3 Å². The molecule has 0 saturated carbocycles. The van der Waals surface area contributed by atoms with Gasteiger partial charge < -0.3 is 19.7 Å². The fourth-order valence-corrected chi connectivity index (χ4v) is 4.58. The second-order valence-corrected chi connectivity index (χ2v) is 8.85. The van der Waals surface area contributed by atoms with Gasteiger partial charge in [-0.3, -0.25) is 9.89 Å². The number of carbonyl (C=O) groups is 1. The highest BCUT2D eigenvalue weighted by molar-refractivity contribution is 6.00. The highest BCUT2D eigenvalue weighted by atomic mass is 16.5. The van der Waals surface area contributed by atoms with E-state index in [4.69, 9.17) is 14.5 Å². The molecule has 1 aliphatic rings. The number of pyridine rings is 3. The lowest BCUT2D eigenvalue weighted by Crippen LogP contribution is -2.38. The van der Waals surface area contributed by atoms with E-state index in [1.807, 2.05) is 36.5 Å². The van der Waals surface area contributed by atoms with E-state index in [0.717, 1.165) is 53.8 Å². The molecule has 0 bridgehead atoms. The Morgan fingerprint density at radius 1 is 1.16 bits per heavy atom. The summed E-state index contributed by atoms with van der Waals surface area (Å²) >= 11 is 0. The van der Waals surface area contributed by atoms with Crippen molar-refractivity contribution in [2.24, 2.45) is 0 Å². The van der Waals surface area contributed by atoms with Crippen LogP contribution in [-0.4, -0.2) is 68.5 Å². The molecule has 11 nitrogen and oxygen atoms in total. The minimum absolute atomic E-state index is 0.0840. The molecule has 1 amide bonds. The molecule has 188 valence electrons. The molecule has 5 aromatic rings. The zero-order chi connectivity index (χ0) is 25.2. The van der Waals surface area contributed by atoms with E-state index in [0.29, 0.717) is 17.3 Å². The number of aromatic nitrogens is 6. The minimum atomic E-state index is -0.210.